The molecule has 5 nitrogen and oxygen atoms in total. The van der Waals surface area contributed by atoms with Crippen molar-refractivity contribution in [3.63, 3.8) is 0 Å². The molecule has 0 saturated heterocycles. The summed E-state index contributed by atoms with van der Waals surface area (Å²) in [6.07, 6.45) is 3.03. The summed E-state index contributed by atoms with van der Waals surface area (Å²) in [5.41, 5.74) is 5.95. The van der Waals surface area contributed by atoms with Gasteiger partial charge >= 0.3 is 0 Å². The van der Waals surface area contributed by atoms with E-state index in [9.17, 15) is 0 Å². The number of nitrogens with zero attached hydrogens (tertiary/aromatic N) is 4. The second-order valence-electron chi connectivity index (χ2n) is 7.04. The first-order chi connectivity index (χ1) is 12.6. The molecule has 0 N–H and O–H groups in total. The third-order valence-electron chi connectivity index (χ3n) is 4.61. The van der Waals surface area contributed by atoms with E-state index in [1.807, 2.05) is 16.8 Å². The number of hydrogen-bond donors (Lipinski definition) is 0. The maximum absolute atomic E-state index is 5.44. The molecule has 6 heteroatoms. The van der Waals surface area contributed by atoms with Crippen LogP contribution in [-0.4, -0.2) is 19.7 Å². The molecule has 2 heterocycles. The molecule has 0 bridgehead atoms. The largest absolute Gasteiger partial charge is 0.464 e. The van der Waals surface area contributed by atoms with E-state index in [0.717, 1.165) is 28.2 Å². The fraction of sp³-hybridized carbons (Fsp3) is 0.286. The first-order valence-corrected chi connectivity index (χ1v) is 8.84. The van der Waals surface area contributed by atoms with Crippen molar-refractivity contribution in [2.75, 3.05) is 0 Å². The predicted octanol–water partition coefficient (Wildman–Crippen LogP) is 5.12. The second-order valence-corrected chi connectivity index (χ2v) is 7.04. The topological polar surface area (TPSA) is 56.7 Å². The summed E-state index contributed by atoms with van der Waals surface area (Å²) in [7, 11) is 0. The Morgan fingerprint density at radius 1 is 1.04 bits per heavy atom. The number of fused-ring (bicyclic) bond motifs is 1. The van der Waals surface area contributed by atoms with Crippen molar-refractivity contribution >= 4 is 11.1 Å². The van der Waals surface area contributed by atoms with Crippen LogP contribution < -0.4 is 0 Å². The molecule has 4 aromatic rings. The Hall–Kier alpha value is -2.30. The number of aromatic nitrogens is 4. The van der Waals surface area contributed by atoms with Crippen LogP contribution in [0.4, 0.5) is 0 Å². The van der Waals surface area contributed by atoms with Gasteiger partial charge in [-0.3, -0.25) is 14.6 Å². The van der Waals surface area contributed by atoms with Gasteiger partial charge in [0.05, 0.1) is 17.1 Å². The summed E-state index contributed by atoms with van der Waals surface area (Å²) in [4.78, 5) is 8.67. The molecule has 0 spiro atoms. The maximum atomic E-state index is 5.44. The van der Waals surface area contributed by atoms with Gasteiger partial charge in [0.25, 0.3) is 0 Å². The van der Waals surface area contributed by atoms with Gasteiger partial charge in [-0.05, 0) is 23.0 Å². The quantitative estimate of drug-likeness (QED) is 0.339. The number of hydrogen-bond acceptors (Lipinski definition) is 4. The third kappa shape index (κ3) is 3.47. The van der Waals surface area contributed by atoms with Gasteiger partial charge in [0.1, 0.15) is 6.33 Å². The molecule has 0 saturated carbocycles. The summed E-state index contributed by atoms with van der Waals surface area (Å²) in [5, 5.41) is 4.56. The fourth-order valence-corrected chi connectivity index (χ4v) is 3.27. The zero-order valence-corrected chi connectivity index (χ0v) is 18.1. The predicted molar refractivity (Wildman–Crippen MR) is 101 cm³/mol. The minimum atomic E-state index is 0. The Kier molecular flexibility index (Phi) is 5.58. The molecule has 2 aromatic carbocycles. The Balaban J connectivity index is 0.00000210. The van der Waals surface area contributed by atoms with E-state index in [0.29, 0.717) is 11.8 Å². The van der Waals surface area contributed by atoms with E-state index in [2.05, 4.69) is 67.0 Å². The fourth-order valence-electron chi connectivity index (χ4n) is 3.27. The summed E-state index contributed by atoms with van der Waals surface area (Å²) in [6.45, 7) is 8.80. The zero-order valence-electron chi connectivity index (χ0n) is 15.7. The minimum Gasteiger partial charge on any atom is -0.464 e. The SMILES string of the molecule is CC(C)c1cccc(C(C)C)c1-n1ncnc1-c1[c-]cc2ncoc2c1.[Ir]. The van der Waals surface area contributed by atoms with Crippen LogP contribution in [0.3, 0.4) is 0 Å². The summed E-state index contributed by atoms with van der Waals surface area (Å²) < 4.78 is 7.37. The Labute approximate surface area is 172 Å². The molecule has 0 aliphatic heterocycles. The van der Waals surface area contributed by atoms with Crippen LogP contribution in [-0.2, 0) is 20.1 Å². The van der Waals surface area contributed by atoms with Gasteiger partial charge in [-0.15, -0.1) is 17.7 Å². The van der Waals surface area contributed by atoms with Crippen molar-refractivity contribution < 1.29 is 24.5 Å². The van der Waals surface area contributed by atoms with Gasteiger partial charge in [-0.2, -0.15) is 5.10 Å². The Bertz CT molecular complexity index is 1040. The van der Waals surface area contributed by atoms with E-state index < -0.39 is 0 Å². The van der Waals surface area contributed by atoms with E-state index in [1.165, 1.54) is 17.5 Å². The van der Waals surface area contributed by atoms with Crippen LogP contribution in [0.1, 0.15) is 50.7 Å². The van der Waals surface area contributed by atoms with Gasteiger partial charge in [-0.1, -0.05) is 52.0 Å². The van der Waals surface area contributed by atoms with E-state index in [1.54, 1.807) is 6.33 Å². The molecule has 0 atom stereocenters. The van der Waals surface area contributed by atoms with Crippen molar-refractivity contribution in [2.45, 2.75) is 39.5 Å². The van der Waals surface area contributed by atoms with Crippen molar-refractivity contribution in [1.82, 2.24) is 19.7 Å². The van der Waals surface area contributed by atoms with Crippen molar-refractivity contribution in [3.8, 4) is 17.1 Å². The number of rotatable bonds is 4. The van der Waals surface area contributed by atoms with E-state index >= 15 is 0 Å². The molecule has 4 rings (SSSR count). The monoisotopic (exact) mass is 538 g/mol. The third-order valence-corrected chi connectivity index (χ3v) is 4.61. The molecular weight excluding hydrogens is 516 g/mol. The first-order valence-electron chi connectivity index (χ1n) is 8.84. The second kappa shape index (κ2) is 7.75. The smallest absolute Gasteiger partial charge is 0.170 e. The van der Waals surface area contributed by atoms with Crippen LogP contribution in [0.5, 0.6) is 0 Å². The van der Waals surface area contributed by atoms with Crippen molar-refractivity contribution in [1.29, 1.82) is 0 Å². The van der Waals surface area contributed by atoms with Crippen LogP contribution in [0.15, 0.2) is 47.5 Å². The Morgan fingerprint density at radius 2 is 1.74 bits per heavy atom. The van der Waals surface area contributed by atoms with Crippen LogP contribution >= 0.6 is 0 Å². The van der Waals surface area contributed by atoms with Gasteiger partial charge in [0, 0.05) is 25.6 Å². The molecule has 0 amide bonds. The number of para-hydroxylation sites is 1. The molecule has 0 aliphatic carbocycles. The first kappa shape index (κ1) is 19.5. The summed E-state index contributed by atoms with van der Waals surface area (Å²) in [6, 6.07) is 13.5. The summed E-state index contributed by atoms with van der Waals surface area (Å²) >= 11 is 0. The Morgan fingerprint density at radius 3 is 2.41 bits per heavy atom. The van der Waals surface area contributed by atoms with Gasteiger partial charge in [0.2, 0.25) is 0 Å². The van der Waals surface area contributed by atoms with Crippen LogP contribution in [0.2, 0.25) is 0 Å². The van der Waals surface area contributed by atoms with Gasteiger partial charge in [-0.25, -0.2) is 0 Å². The average molecular weight is 538 g/mol. The van der Waals surface area contributed by atoms with E-state index in [-0.39, 0.29) is 20.1 Å². The maximum Gasteiger partial charge on any atom is 0.170 e. The molecule has 27 heavy (non-hydrogen) atoms. The molecule has 141 valence electrons. The van der Waals surface area contributed by atoms with E-state index in [4.69, 9.17) is 4.42 Å². The molecule has 0 aliphatic rings. The van der Waals surface area contributed by atoms with Gasteiger partial charge in [0.15, 0.2) is 6.39 Å². The average Bonchev–Trinajstić information content (AvgIpc) is 3.29. The van der Waals surface area contributed by atoms with Crippen LogP contribution in [0, 0.1) is 6.07 Å². The molecular formula is C21H21IrN4O-. The standard InChI is InChI=1S/C21H21N4O.Ir/c1-13(2)16-6-5-7-17(14(3)4)20(16)25-21(22-11-24-25)15-8-9-18-19(10-15)26-12-23-18;/h5-7,9-14H,1-4H3;/q-1;. The summed E-state index contributed by atoms with van der Waals surface area (Å²) in [5.74, 6) is 1.50. The van der Waals surface area contributed by atoms with Crippen molar-refractivity contribution in [3.05, 3.63) is 60.2 Å². The van der Waals surface area contributed by atoms with Crippen LogP contribution in [0.25, 0.3) is 28.2 Å². The molecule has 2 aromatic heterocycles. The normalized spacial score (nSPS) is 11.3. The number of oxazole rings is 1. The molecule has 1 radical (unpaired) electrons. The number of benzene rings is 2. The molecule has 0 fully saturated rings. The minimum absolute atomic E-state index is 0. The van der Waals surface area contributed by atoms with Crippen molar-refractivity contribution in [2.24, 2.45) is 0 Å². The zero-order chi connectivity index (χ0) is 18.3. The van der Waals surface area contributed by atoms with Gasteiger partial charge < -0.3 is 4.42 Å². The molecule has 0 unspecified atom stereocenters.